The van der Waals surface area contributed by atoms with Gasteiger partial charge >= 0.3 is 0 Å². The lowest BCUT2D eigenvalue weighted by Crippen LogP contribution is -1.90. The maximum atomic E-state index is 6.23. The summed E-state index contributed by atoms with van der Waals surface area (Å²) in [6, 6.07) is 13.2. The van der Waals surface area contributed by atoms with Gasteiger partial charge in [0.2, 0.25) is 0 Å². The van der Waals surface area contributed by atoms with Gasteiger partial charge in [-0.3, -0.25) is 10.1 Å². The molecule has 2 heterocycles. The molecule has 0 radical (unpaired) electrons. The van der Waals surface area contributed by atoms with Crippen molar-refractivity contribution < 1.29 is 0 Å². The van der Waals surface area contributed by atoms with Gasteiger partial charge in [0.15, 0.2) is 5.82 Å². The number of hydrogen-bond donors (Lipinski definition) is 2. The smallest absolute Gasteiger partial charge is 0.153 e. The number of aromatic amines is 1. The van der Waals surface area contributed by atoms with E-state index in [-0.39, 0.29) is 0 Å². The van der Waals surface area contributed by atoms with E-state index in [1.54, 1.807) is 6.20 Å². The Morgan fingerprint density at radius 1 is 1.05 bits per heavy atom. The van der Waals surface area contributed by atoms with Gasteiger partial charge in [-0.25, -0.2) is 0 Å². The summed E-state index contributed by atoms with van der Waals surface area (Å²) >= 11 is 6.23. The van der Waals surface area contributed by atoms with Crippen LogP contribution in [0.5, 0.6) is 0 Å². The first-order chi connectivity index (χ1) is 9.27. The highest BCUT2D eigenvalue weighted by atomic mass is 35.5. The molecule has 3 N–H and O–H groups in total. The van der Waals surface area contributed by atoms with E-state index in [9.17, 15) is 0 Å². The van der Waals surface area contributed by atoms with Gasteiger partial charge in [0.05, 0.1) is 17.0 Å². The second-order valence-corrected chi connectivity index (χ2v) is 4.46. The average molecular weight is 271 g/mol. The minimum Gasteiger partial charge on any atom is -0.382 e. The highest BCUT2D eigenvalue weighted by Gasteiger charge is 2.17. The van der Waals surface area contributed by atoms with Crippen LogP contribution in [0.3, 0.4) is 0 Å². The first kappa shape index (κ1) is 11.7. The number of H-pyrrole nitrogens is 1. The van der Waals surface area contributed by atoms with Crippen molar-refractivity contribution >= 4 is 17.4 Å². The Balaban J connectivity index is 2.23. The highest BCUT2D eigenvalue weighted by molar-refractivity contribution is 6.33. The summed E-state index contributed by atoms with van der Waals surface area (Å²) in [7, 11) is 0. The maximum absolute atomic E-state index is 6.23. The van der Waals surface area contributed by atoms with Crippen LogP contribution < -0.4 is 5.73 Å². The number of halogens is 1. The van der Waals surface area contributed by atoms with Crippen molar-refractivity contribution in [3.05, 3.63) is 53.7 Å². The fourth-order valence-corrected chi connectivity index (χ4v) is 2.22. The Morgan fingerprint density at radius 3 is 2.58 bits per heavy atom. The number of nitrogen functional groups attached to an aromatic ring is 1. The Hall–Kier alpha value is -2.33. The van der Waals surface area contributed by atoms with Crippen LogP contribution in [0.2, 0.25) is 5.02 Å². The van der Waals surface area contributed by atoms with Crippen molar-refractivity contribution in [1.82, 2.24) is 15.2 Å². The van der Waals surface area contributed by atoms with Crippen LogP contribution in [0.4, 0.5) is 5.82 Å². The molecule has 0 atom stereocenters. The van der Waals surface area contributed by atoms with E-state index in [4.69, 9.17) is 17.3 Å². The standard InChI is InChI=1S/C14H11ClN4/c15-10-6-2-1-5-9(10)12-13(18-19-14(12)16)11-7-3-4-8-17-11/h1-8H,(H3,16,18,19). The van der Waals surface area contributed by atoms with Gasteiger partial charge < -0.3 is 5.73 Å². The number of rotatable bonds is 2. The van der Waals surface area contributed by atoms with Crippen molar-refractivity contribution in [1.29, 1.82) is 0 Å². The summed E-state index contributed by atoms with van der Waals surface area (Å²) in [5.74, 6) is 0.411. The minimum absolute atomic E-state index is 0.411. The molecule has 0 aliphatic rings. The number of hydrogen-bond acceptors (Lipinski definition) is 3. The maximum Gasteiger partial charge on any atom is 0.153 e. The molecule has 3 rings (SSSR count). The number of aromatic nitrogens is 3. The molecule has 5 heteroatoms. The topological polar surface area (TPSA) is 67.6 Å². The number of nitrogens with two attached hydrogens (primary N) is 1. The SMILES string of the molecule is Nc1n[nH]c(-c2ccccn2)c1-c1ccccc1Cl. The molecular weight excluding hydrogens is 260 g/mol. The monoisotopic (exact) mass is 270 g/mol. The molecule has 2 aromatic heterocycles. The summed E-state index contributed by atoms with van der Waals surface area (Å²) in [6.45, 7) is 0. The van der Waals surface area contributed by atoms with E-state index in [2.05, 4.69) is 15.2 Å². The molecule has 0 unspecified atom stereocenters. The third kappa shape index (κ3) is 2.06. The molecule has 3 aromatic rings. The van der Waals surface area contributed by atoms with Crippen molar-refractivity contribution in [2.45, 2.75) is 0 Å². The Bertz CT molecular complexity index is 706. The van der Waals surface area contributed by atoms with Gasteiger partial charge in [0.25, 0.3) is 0 Å². The van der Waals surface area contributed by atoms with Crippen molar-refractivity contribution in [2.24, 2.45) is 0 Å². The summed E-state index contributed by atoms with van der Waals surface area (Å²) in [4.78, 5) is 4.31. The predicted octanol–water partition coefficient (Wildman–Crippen LogP) is 3.37. The molecule has 1 aromatic carbocycles. The normalized spacial score (nSPS) is 10.6. The quantitative estimate of drug-likeness (QED) is 0.750. The molecule has 0 saturated carbocycles. The van der Waals surface area contributed by atoms with E-state index in [1.165, 1.54) is 0 Å². The molecule has 4 nitrogen and oxygen atoms in total. The number of pyridine rings is 1. The number of anilines is 1. The summed E-state index contributed by atoms with van der Waals surface area (Å²) < 4.78 is 0. The van der Waals surface area contributed by atoms with Crippen molar-refractivity contribution in [3.8, 4) is 22.5 Å². The van der Waals surface area contributed by atoms with Crippen LogP contribution in [-0.2, 0) is 0 Å². The zero-order valence-corrected chi connectivity index (χ0v) is 10.7. The summed E-state index contributed by atoms with van der Waals surface area (Å²) in [5.41, 5.74) is 9.13. The van der Waals surface area contributed by atoms with E-state index in [0.29, 0.717) is 10.8 Å². The average Bonchev–Trinajstić information content (AvgIpc) is 2.82. The van der Waals surface area contributed by atoms with Gasteiger partial charge in [-0.15, -0.1) is 0 Å². The fourth-order valence-electron chi connectivity index (χ4n) is 1.99. The van der Waals surface area contributed by atoms with E-state index in [0.717, 1.165) is 22.5 Å². The van der Waals surface area contributed by atoms with Gasteiger partial charge in [-0.05, 0) is 18.2 Å². The molecule has 94 valence electrons. The largest absolute Gasteiger partial charge is 0.382 e. The zero-order valence-electron chi connectivity index (χ0n) is 9.97. The van der Waals surface area contributed by atoms with E-state index in [1.807, 2.05) is 42.5 Å². The van der Waals surface area contributed by atoms with E-state index < -0.39 is 0 Å². The molecule has 0 amide bonds. The zero-order chi connectivity index (χ0) is 13.2. The number of nitrogens with one attached hydrogen (secondary N) is 1. The van der Waals surface area contributed by atoms with Crippen LogP contribution >= 0.6 is 11.6 Å². The summed E-state index contributed by atoms with van der Waals surface area (Å²) in [6.07, 6.45) is 1.72. The van der Waals surface area contributed by atoms with Crippen molar-refractivity contribution in [2.75, 3.05) is 5.73 Å². The fraction of sp³-hybridized carbons (Fsp3) is 0. The lowest BCUT2D eigenvalue weighted by atomic mass is 10.0. The van der Waals surface area contributed by atoms with Gasteiger partial charge in [-0.2, -0.15) is 5.10 Å². The Morgan fingerprint density at radius 2 is 1.84 bits per heavy atom. The highest BCUT2D eigenvalue weighted by Crippen LogP contribution is 2.37. The number of nitrogens with zero attached hydrogens (tertiary/aromatic N) is 2. The molecule has 0 aliphatic heterocycles. The molecule has 0 fully saturated rings. The van der Waals surface area contributed by atoms with E-state index >= 15 is 0 Å². The molecule has 0 spiro atoms. The van der Waals surface area contributed by atoms with Crippen LogP contribution in [0, 0.1) is 0 Å². The lowest BCUT2D eigenvalue weighted by molar-refractivity contribution is 1.09. The predicted molar refractivity (Wildman–Crippen MR) is 76.7 cm³/mol. The van der Waals surface area contributed by atoms with Crippen LogP contribution in [0.25, 0.3) is 22.5 Å². The lowest BCUT2D eigenvalue weighted by Gasteiger charge is -2.05. The van der Waals surface area contributed by atoms with Gasteiger partial charge in [0.1, 0.15) is 0 Å². The van der Waals surface area contributed by atoms with Crippen molar-refractivity contribution in [3.63, 3.8) is 0 Å². The third-order valence-corrected chi connectivity index (χ3v) is 3.19. The minimum atomic E-state index is 0.411. The molecule has 0 bridgehead atoms. The Labute approximate surface area is 115 Å². The summed E-state index contributed by atoms with van der Waals surface area (Å²) in [5, 5.41) is 7.62. The van der Waals surface area contributed by atoms with Gasteiger partial charge in [-0.1, -0.05) is 35.9 Å². The van der Waals surface area contributed by atoms with Gasteiger partial charge in [0, 0.05) is 16.8 Å². The van der Waals surface area contributed by atoms with Crippen LogP contribution in [0.15, 0.2) is 48.7 Å². The first-order valence-electron chi connectivity index (χ1n) is 5.77. The third-order valence-electron chi connectivity index (χ3n) is 2.86. The molecule has 0 aliphatic carbocycles. The molecule has 19 heavy (non-hydrogen) atoms. The second-order valence-electron chi connectivity index (χ2n) is 4.05. The number of benzene rings is 1. The first-order valence-corrected chi connectivity index (χ1v) is 6.15. The van der Waals surface area contributed by atoms with Crippen LogP contribution in [-0.4, -0.2) is 15.2 Å². The van der Waals surface area contributed by atoms with Crippen LogP contribution in [0.1, 0.15) is 0 Å². The molecule has 0 saturated heterocycles. The Kier molecular flexibility index (Phi) is 2.93. The second kappa shape index (κ2) is 4.74. The molecular formula is C14H11ClN4.